The van der Waals surface area contributed by atoms with Gasteiger partial charge >= 0.3 is 0 Å². The second kappa shape index (κ2) is 7.60. The van der Waals surface area contributed by atoms with Crippen molar-refractivity contribution >= 4 is 33.3 Å². The van der Waals surface area contributed by atoms with Crippen LogP contribution in [-0.4, -0.2) is 25.4 Å². The highest BCUT2D eigenvalue weighted by molar-refractivity contribution is 7.89. The van der Waals surface area contributed by atoms with Crippen molar-refractivity contribution in [2.45, 2.75) is 17.4 Å². The molecule has 0 bridgehead atoms. The summed E-state index contributed by atoms with van der Waals surface area (Å²) in [6, 6.07) is 9.64. The average molecular weight is 384 g/mol. The van der Waals surface area contributed by atoms with Gasteiger partial charge in [-0.15, -0.1) is 0 Å². The van der Waals surface area contributed by atoms with E-state index in [1.54, 1.807) is 30.3 Å². The van der Waals surface area contributed by atoms with Gasteiger partial charge in [0.05, 0.1) is 22.0 Å². The van der Waals surface area contributed by atoms with Gasteiger partial charge in [0, 0.05) is 12.1 Å². The number of aliphatic carboxylic acids is 1. The molecule has 0 aromatic heterocycles. The van der Waals surface area contributed by atoms with Crippen LogP contribution in [0.5, 0.6) is 0 Å². The topological polar surface area (TPSA) is 129 Å². The Balaban J connectivity index is 2.28. The third-order valence-electron chi connectivity index (χ3n) is 3.28. The number of nitrogens with zero attached hydrogens (tertiary/aromatic N) is 1. The minimum Gasteiger partial charge on any atom is -0.548 e. The van der Waals surface area contributed by atoms with E-state index in [1.807, 2.05) is 4.72 Å². The van der Waals surface area contributed by atoms with Crippen molar-refractivity contribution in [1.29, 1.82) is 0 Å². The van der Waals surface area contributed by atoms with E-state index in [9.17, 15) is 28.4 Å². The quantitative estimate of drug-likeness (QED) is 0.558. The third kappa shape index (κ3) is 4.75. The van der Waals surface area contributed by atoms with Crippen molar-refractivity contribution in [2.24, 2.45) is 0 Å². The Morgan fingerprint density at radius 3 is 2.36 bits per heavy atom. The lowest BCUT2D eigenvalue weighted by molar-refractivity contribution is -0.384. The average Bonchev–Trinajstić information content (AvgIpc) is 2.54. The minimum absolute atomic E-state index is 0.132. The summed E-state index contributed by atoms with van der Waals surface area (Å²) in [6.45, 7) is 0. The number of nitro groups is 1. The Morgan fingerprint density at radius 2 is 1.84 bits per heavy atom. The number of halogens is 1. The number of sulfonamides is 1. The van der Waals surface area contributed by atoms with Crippen LogP contribution in [0.25, 0.3) is 0 Å². The van der Waals surface area contributed by atoms with E-state index in [-0.39, 0.29) is 12.1 Å². The molecule has 2 aromatic rings. The second-order valence-electron chi connectivity index (χ2n) is 5.05. The number of non-ortho nitro benzene ring substituents is 1. The molecule has 0 aliphatic heterocycles. The Labute approximate surface area is 148 Å². The summed E-state index contributed by atoms with van der Waals surface area (Å²) in [5.74, 6) is -1.61. The fourth-order valence-corrected chi connectivity index (χ4v) is 3.82. The number of benzene rings is 2. The number of carboxylic acids is 1. The van der Waals surface area contributed by atoms with Gasteiger partial charge in [-0.1, -0.05) is 41.9 Å². The molecule has 0 aliphatic carbocycles. The van der Waals surface area contributed by atoms with E-state index >= 15 is 0 Å². The molecule has 1 atom stereocenters. The normalized spacial score (nSPS) is 12.5. The van der Waals surface area contributed by atoms with Crippen LogP contribution in [0.15, 0.2) is 53.4 Å². The van der Waals surface area contributed by atoms with Crippen molar-refractivity contribution in [3.05, 3.63) is 69.2 Å². The molecule has 0 unspecified atom stereocenters. The molecule has 8 nitrogen and oxygen atoms in total. The smallest absolute Gasteiger partial charge is 0.271 e. The monoisotopic (exact) mass is 383 g/mol. The lowest BCUT2D eigenvalue weighted by atomic mass is 10.1. The molecular formula is C15H12ClN2O6S-. The predicted octanol–water partition coefficient (Wildman–Crippen LogP) is 0.888. The van der Waals surface area contributed by atoms with Gasteiger partial charge in [0.15, 0.2) is 0 Å². The summed E-state index contributed by atoms with van der Waals surface area (Å²) in [6.07, 6.45) is -0.132. The number of nitro benzene ring substituents is 1. The second-order valence-corrected chi connectivity index (χ2v) is 7.14. The largest absolute Gasteiger partial charge is 0.548 e. The van der Waals surface area contributed by atoms with Crippen LogP contribution in [0.2, 0.25) is 5.02 Å². The van der Waals surface area contributed by atoms with E-state index in [0.29, 0.717) is 5.56 Å². The number of nitrogens with one attached hydrogen (secondary N) is 1. The first-order valence-electron chi connectivity index (χ1n) is 6.92. The van der Waals surface area contributed by atoms with Crippen LogP contribution in [0.4, 0.5) is 5.69 Å². The van der Waals surface area contributed by atoms with E-state index < -0.39 is 36.9 Å². The first-order valence-corrected chi connectivity index (χ1v) is 8.78. The highest BCUT2D eigenvalue weighted by Gasteiger charge is 2.25. The zero-order chi connectivity index (χ0) is 18.6. The fraction of sp³-hybridized carbons (Fsp3) is 0.133. The molecular weight excluding hydrogens is 372 g/mol. The summed E-state index contributed by atoms with van der Waals surface area (Å²) in [5, 5.41) is 21.6. The van der Waals surface area contributed by atoms with Crippen LogP contribution in [-0.2, 0) is 21.2 Å². The lowest BCUT2D eigenvalue weighted by Crippen LogP contribution is -2.49. The molecule has 10 heteroatoms. The molecule has 0 aliphatic rings. The van der Waals surface area contributed by atoms with E-state index in [4.69, 9.17) is 11.6 Å². The van der Waals surface area contributed by atoms with Gasteiger partial charge in [-0.3, -0.25) is 10.1 Å². The first-order chi connectivity index (χ1) is 11.7. The van der Waals surface area contributed by atoms with Crippen LogP contribution in [0.1, 0.15) is 5.56 Å². The molecule has 0 fully saturated rings. The molecule has 0 saturated heterocycles. The molecule has 132 valence electrons. The molecule has 0 spiro atoms. The summed E-state index contributed by atoms with van der Waals surface area (Å²) >= 11 is 5.79. The maximum absolute atomic E-state index is 12.4. The van der Waals surface area contributed by atoms with Crippen molar-refractivity contribution in [1.82, 2.24) is 4.72 Å². The van der Waals surface area contributed by atoms with Gasteiger partial charge < -0.3 is 9.90 Å². The van der Waals surface area contributed by atoms with Gasteiger partial charge in [-0.05, 0) is 18.1 Å². The zero-order valence-corrected chi connectivity index (χ0v) is 14.2. The van der Waals surface area contributed by atoms with E-state index in [0.717, 1.165) is 18.2 Å². The van der Waals surface area contributed by atoms with E-state index in [1.165, 1.54) is 0 Å². The zero-order valence-electron chi connectivity index (χ0n) is 12.6. The van der Waals surface area contributed by atoms with Crippen molar-refractivity contribution < 1.29 is 23.2 Å². The van der Waals surface area contributed by atoms with Crippen molar-refractivity contribution in [3.8, 4) is 0 Å². The molecule has 25 heavy (non-hydrogen) atoms. The molecule has 1 N–H and O–H groups in total. The summed E-state index contributed by atoms with van der Waals surface area (Å²) in [4.78, 5) is 20.8. The maximum Gasteiger partial charge on any atom is 0.271 e. The highest BCUT2D eigenvalue weighted by Crippen LogP contribution is 2.26. The van der Waals surface area contributed by atoms with Crippen LogP contribution < -0.4 is 9.83 Å². The van der Waals surface area contributed by atoms with Gasteiger partial charge in [0.2, 0.25) is 10.0 Å². The molecule has 2 rings (SSSR count). The molecule has 0 heterocycles. The molecule has 0 amide bonds. The van der Waals surface area contributed by atoms with Gasteiger partial charge in [0.25, 0.3) is 5.69 Å². The van der Waals surface area contributed by atoms with Crippen LogP contribution >= 0.6 is 11.6 Å². The Morgan fingerprint density at radius 1 is 1.20 bits per heavy atom. The number of hydrogen-bond acceptors (Lipinski definition) is 6. The SMILES string of the molecule is O=C([O-])[C@H](Cc1ccccc1)NS(=O)(=O)c1ccc([N+](=O)[O-])cc1Cl. The molecule has 0 saturated carbocycles. The van der Waals surface area contributed by atoms with Gasteiger partial charge in [0.1, 0.15) is 4.90 Å². The summed E-state index contributed by atoms with van der Waals surface area (Å²) in [7, 11) is -4.32. The first kappa shape index (κ1) is 18.8. The number of carboxylic acid groups (broad SMARTS) is 1. The standard InChI is InChI=1S/C15H13ClN2O6S/c16-12-9-11(18(21)22)6-7-14(12)25(23,24)17-13(15(19)20)8-10-4-2-1-3-5-10/h1-7,9,13,17H,8H2,(H,19,20)/p-1/t13-/m0/s1. The maximum atomic E-state index is 12.4. The number of carbonyl (C=O) groups excluding carboxylic acids is 1. The molecule has 0 radical (unpaired) electrons. The van der Waals surface area contributed by atoms with Crippen LogP contribution in [0.3, 0.4) is 0 Å². The Kier molecular flexibility index (Phi) is 5.73. The Hall–Kier alpha value is -2.49. The van der Waals surface area contributed by atoms with Gasteiger partial charge in [-0.25, -0.2) is 13.1 Å². The third-order valence-corrected chi connectivity index (χ3v) is 5.23. The van der Waals surface area contributed by atoms with Crippen LogP contribution in [0, 0.1) is 10.1 Å². The molecule has 2 aromatic carbocycles. The van der Waals surface area contributed by atoms with Crippen molar-refractivity contribution in [3.63, 3.8) is 0 Å². The Bertz CT molecular complexity index is 901. The number of hydrogen-bond donors (Lipinski definition) is 1. The van der Waals surface area contributed by atoms with Gasteiger partial charge in [-0.2, -0.15) is 0 Å². The fourth-order valence-electron chi connectivity index (χ4n) is 2.09. The predicted molar refractivity (Wildman–Crippen MR) is 87.4 cm³/mol. The highest BCUT2D eigenvalue weighted by atomic mass is 35.5. The summed E-state index contributed by atoms with van der Waals surface area (Å²) < 4.78 is 26.8. The lowest BCUT2D eigenvalue weighted by Gasteiger charge is -2.20. The van der Waals surface area contributed by atoms with E-state index in [2.05, 4.69) is 0 Å². The number of carbonyl (C=O) groups is 1. The van der Waals surface area contributed by atoms with Crippen molar-refractivity contribution in [2.75, 3.05) is 0 Å². The minimum atomic E-state index is -4.32. The summed E-state index contributed by atoms with van der Waals surface area (Å²) in [5.41, 5.74) is 0.207. The number of rotatable bonds is 7.